The molecule has 0 saturated carbocycles. The van der Waals surface area contributed by atoms with Crippen molar-refractivity contribution in [3.63, 3.8) is 0 Å². The first kappa shape index (κ1) is 21.0. The highest BCUT2D eigenvalue weighted by Gasteiger charge is 2.28. The smallest absolute Gasteiger partial charge is 0.257 e. The largest absolute Gasteiger partial charge is 0.390 e. The number of nitrogens with zero attached hydrogens (tertiary/aromatic N) is 2. The maximum absolute atomic E-state index is 14.3. The lowest BCUT2D eigenvalue weighted by molar-refractivity contribution is 0.0402. The van der Waals surface area contributed by atoms with E-state index in [-0.39, 0.29) is 30.6 Å². The molecule has 4 nitrogen and oxygen atoms in total. The van der Waals surface area contributed by atoms with E-state index in [0.29, 0.717) is 11.4 Å². The quantitative estimate of drug-likeness (QED) is 0.511. The highest BCUT2D eigenvalue weighted by molar-refractivity contribution is 6.30. The molecule has 31 heavy (non-hydrogen) atoms. The number of oxime groups is 1. The van der Waals surface area contributed by atoms with E-state index in [2.05, 4.69) is 5.16 Å². The first-order valence-corrected chi connectivity index (χ1v) is 10.1. The topological polar surface area (TPSA) is 41.9 Å². The lowest BCUT2D eigenvalue weighted by atomic mass is 10.0. The molecule has 0 spiro atoms. The predicted molar refractivity (Wildman–Crippen MR) is 115 cm³/mol. The fourth-order valence-electron chi connectivity index (χ4n) is 3.42. The van der Waals surface area contributed by atoms with Crippen molar-refractivity contribution in [2.24, 2.45) is 5.16 Å². The van der Waals surface area contributed by atoms with Gasteiger partial charge in [0.15, 0.2) is 6.10 Å². The van der Waals surface area contributed by atoms with Crippen LogP contribution in [0.1, 0.15) is 27.9 Å². The van der Waals surface area contributed by atoms with Gasteiger partial charge in [0.1, 0.15) is 11.6 Å². The van der Waals surface area contributed by atoms with Crippen LogP contribution in [0.25, 0.3) is 0 Å². The van der Waals surface area contributed by atoms with E-state index in [1.807, 2.05) is 12.1 Å². The normalized spacial score (nSPS) is 15.3. The molecular formula is C24H19ClF2N2O2. The van der Waals surface area contributed by atoms with Crippen LogP contribution in [0, 0.1) is 11.6 Å². The first-order chi connectivity index (χ1) is 15.0. The Morgan fingerprint density at radius 3 is 2.45 bits per heavy atom. The summed E-state index contributed by atoms with van der Waals surface area (Å²) < 4.78 is 27.5. The molecule has 1 aliphatic rings. The van der Waals surface area contributed by atoms with Gasteiger partial charge in [0, 0.05) is 18.0 Å². The Morgan fingerprint density at radius 2 is 1.74 bits per heavy atom. The molecule has 0 aliphatic carbocycles. The van der Waals surface area contributed by atoms with Crippen molar-refractivity contribution in [3.05, 3.63) is 106 Å². The van der Waals surface area contributed by atoms with Gasteiger partial charge in [0.05, 0.1) is 17.8 Å². The Hall–Kier alpha value is -3.25. The number of amides is 1. The zero-order valence-electron chi connectivity index (χ0n) is 16.5. The Bertz CT molecular complexity index is 1100. The van der Waals surface area contributed by atoms with Crippen molar-refractivity contribution in [1.82, 2.24) is 4.90 Å². The number of hydrogen-bond acceptors (Lipinski definition) is 3. The molecule has 7 heteroatoms. The molecule has 158 valence electrons. The summed E-state index contributed by atoms with van der Waals surface area (Å²) in [5, 5.41) is 4.78. The number of carbonyl (C=O) groups is 1. The molecule has 0 saturated heterocycles. The van der Waals surface area contributed by atoms with Crippen LogP contribution in [0.15, 0.2) is 78.0 Å². The fraction of sp³-hybridized carbons (Fsp3) is 0.167. The van der Waals surface area contributed by atoms with E-state index in [4.69, 9.17) is 16.4 Å². The van der Waals surface area contributed by atoms with E-state index in [1.54, 1.807) is 30.3 Å². The summed E-state index contributed by atoms with van der Waals surface area (Å²) in [6.07, 6.45) is 0.105. The number of halogens is 3. The molecule has 0 N–H and O–H groups in total. The Balaban J connectivity index is 1.52. The maximum Gasteiger partial charge on any atom is 0.257 e. The number of carbonyl (C=O) groups excluding carboxylic acids is 1. The molecule has 0 unspecified atom stereocenters. The molecule has 1 aliphatic heterocycles. The predicted octanol–water partition coefficient (Wildman–Crippen LogP) is 5.45. The van der Waals surface area contributed by atoms with Crippen LogP contribution in [0.2, 0.25) is 5.02 Å². The second-order valence-electron chi connectivity index (χ2n) is 7.27. The summed E-state index contributed by atoms with van der Waals surface area (Å²) in [4.78, 5) is 20.2. The Kier molecular flexibility index (Phi) is 6.28. The first-order valence-electron chi connectivity index (χ1n) is 9.76. The zero-order valence-corrected chi connectivity index (χ0v) is 17.2. The average molecular weight is 441 g/mol. The van der Waals surface area contributed by atoms with E-state index < -0.39 is 11.7 Å². The van der Waals surface area contributed by atoms with Crippen molar-refractivity contribution >= 4 is 23.2 Å². The maximum atomic E-state index is 14.3. The van der Waals surface area contributed by atoms with Crippen LogP contribution in [0.4, 0.5) is 8.78 Å². The van der Waals surface area contributed by atoms with Crippen molar-refractivity contribution in [2.45, 2.75) is 19.1 Å². The van der Waals surface area contributed by atoms with Crippen LogP contribution in [-0.2, 0) is 11.4 Å². The lowest BCUT2D eigenvalue weighted by Gasteiger charge is -2.25. The van der Waals surface area contributed by atoms with E-state index in [9.17, 15) is 13.6 Å². The molecule has 1 amide bonds. The summed E-state index contributed by atoms with van der Waals surface area (Å²) in [7, 11) is 0. The molecule has 0 bridgehead atoms. The zero-order chi connectivity index (χ0) is 21.8. The summed E-state index contributed by atoms with van der Waals surface area (Å²) >= 11 is 5.94. The minimum Gasteiger partial charge on any atom is -0.390 e. The van der Waals surface area contributed by atoms with Gasteiger partial charge < -0.3 is 9.74 Å². The number of rotatable bonds is 6. The molecule has 0 radical (unpaired) electrons. The van der Waals surface area contributed by atoms with Gasteiger partial charge in [-0.05, 0) is 47.5 Å². The third kappa shape index (κ3) is 5.09. The van der Waals surface area contributed by atoms with Gasteiger partial charge in [-0.2, -0.15) is 0 Å². The van der Waals surface area contributed by atoms with E-state index >= 15 is 0 Å². The third-order valence-corrected chi connectivity index (χ3v) is 5.26. The lowest BCUT2D eigenvalue weighted by Crippen LogP contribution is -2.37. The Morgan fingerprint density at radius 1 is 1.03 bits per heavy atom. The van der Waals surface area contributed by atoms with Crippen LogP contribution >= 0.6 is 11.6 Å². The van der Waals surface area contributed by atoms with Crippen molar-refractivity contribution < 1.29 is 18.4 Å². The van der Waals surface area contributed by atoms with Gasteiger partial charge in [-0.3, -0.25) is 4.79 Å². The fourth-order valence-corrected chi connectivity index (χ4v) is 3.55. The molecular weight excluding hydrogens is 422 g/mol. The van der Waals surface area contributed by atoms with Crippen molar-refractivity contribution in [1.29, 1.82) is 0 Å². The number of hydrogen-bond donors (Lipinski definition) is 0. The highest BCUT2D eigenvalue weighted by atomic mass is 35.5. The molecule has 1 heterocycles. The second kappa shape index (κ2) is 9.27. The molecule has 3 aromatic carbocycles. The average Bonchev–Trinajstić information content (AvgIpc) is 3.24. The summed E-state index contributed by atoms with van der Waals surface area (Å²) in [6, 6.07) is 18.9. The van der Waals surface area contributed by atoms with Gasteiger partial charge in [-0.25, -0.2) is 8.78 Å². The van der Waals surface area contributed by atoms with E-state index in [0.717, 1.165) is 16.8 Å². The molecule has 3 aromatic rings. The van der Waals surface area contributed by atoms with Crippen LogP contribution in [0.3, 0.4) is 0 Å². The van der Waals surface area contributed by atoms with Gasteiger partial charge in [-0.1, -0.05) is 53.2 Å². The molecule has 0 aromatic heterocycles. The SMILES string of the molecule is O=C(c1ccccc1F)N(Cc1ccc(F)cc1)C[C@@H]1CC(c2ccc(Cl)cc2)=NO1. The number of benzene rings is 3. The standard InChI is InChI=1S/C24H19ClF2N2O2/c25-18-9-7-17(8-10-18)23-13-20(31-28-23)15-29(14-16-5-11-19(26)12-6-16)24(30)21-3-1-2-4-22(21)27/h1-12,20H,13-15H2/t20-/m0/s1. The van der Waals surface area contributed by atoms with Gasteiger partial charge in [0.2, 0.25) is 0 Å². The summed E-state index contributed by atoms with van der Waals surface area (Å²) in [5.74, 6) is -1.43. The second-order valence-corrected chi connectivity index (χ2v) is 7.70. The Labute approximate surface area is 183 Å². The monoisotopic (exact) mass is 440 g/mol. The van der Waals surface area contributed by atoms with E-state index in [1.165, 1.54) is 35.2 Å². The summed E-state index contributed by atoms with van der Waals surface area (Å²) in [6.45, 7) is 0.384. The molecule has 0 fully saturated rings. The van der Waals surface area contributed by atoms with Crippen LogP contribution in [-0.4, -0.2) is 29.2 Å². The van der Waals surface area contributed by atoms with Crippen LogP contribution in [0.5, 0.6) is 0 Å². The minimum absolute atomic E-state index is 0.0264. The van der Waals surface area contributed by atoms with Crippen molar-refractivity contribution in [2.75, 3.05) is 6.54 Å². The molecule has 1 atom stereocenters. The molecule has 4 rings (SSSR count). The van der Waals surface area contributed by atoms with Gasteiger partial charge >= 0.3 is 0 Å². The summed E-state index contributed by atoms with van der Waals surface area (Å²) in [5.41, 5.74) is 2.34. The van der Waals surface area contributed by atoms with Crippen LogP contribution < -0.4 is 0 Å². The van der Waals surface area contributed by atoms with Gasteiger partial charge in [0.25, 0.3) is 5.91 Å². The van der Waals surface area contributed by atoms with Crippen molar-refractivity contribution in [3.8, 4) is 0 Å². The third-order valence-electron chi connectivity index (χ3n) is 5.01. The minimum atomic E-state index is -0.595. The van der Waals surface area contributed by atoms with Gasteiger partial charge in [-0.15, -0.1) is 0 Å². The highest BCUT2D eigenvalue weighted by Crippen LogP contribution is 2.21.